The molecule has 1 aromatic carbocycles. The molecule has 5 nitrogen and oxygen atoms in total. The van der Waals surface area contributed by atoms with Crippen LogP contribution < -0.4 is 5.32 Å². The van der Waals surface area contributed by atoms with E-state index in [2.05, 4.69) is 36.5 Å². The molecule has 0 spiro atoms. The third kappa shape index (κ3) is 10.4. The molecule has 0 aliphatic carbocycles. The molecular weight excluding hydrogens is 528 g/mol. The summed E-state index contributed by atoms with van der Waals surface area (Å²) in [4.78, 5) is 20.0. The Morgan fingerprint density at radius 3 is 2.20 bits per heavy atom. The first kappa shape index (κ1) is 31.5. The molecule has 1 saturated heterocycles. The number of hydrogen-bond acceptors (Lipinski definition) is 6. The van der Waals surface area contributed by atoms with E-state index in [0.29, 0.717) is 25.5 Å². The first-order chi connectivity index (χ1) is 20.3. The molecule has 6 heteroatoms. The number of benzene rings is 1. The minimum absolute atomic E-state index is 0.0679. The molecule has 3 heterocycles. The number of nitrogens with one attached hydrogen (secondary N) is 1. The van der Waals surface area contributed by atoms with Gasteiger partial charge in [0.05, 0.1) is 12.2 Å². The molecule has 0 saturated carbocycles. The summed E-state index contributed by atoms with van der Waals surface area (Å²) >= 11 is 1.63. The Kier molecular flexibility index (Phi) is 14.0. The van der Waals surface area contributed by atoms with Crippen molar-refractivity contribution >= 4 is 22.3 Å². The van der Waals surface area contributed by atoms with Gasteiger partial charge in [0.25, 0.3) is 0 Å². The summed E-state index contributed by atoms with van der Waals surface area (Å²) in [6.45, 7) is 4.33. The molecule has 1 fully saturated rings. The maximum atomic E-state index is 14.0. The molecule has 0 radical (unpaired) electrons. The van der Waals surface area contributed by atoms with E-state index in [-0.39, 0.29) is 11.8 Å². The predicted octanol–water partition coefficient (Wildman–Crippen LogP) is 10.2. The smallest absolute Gasteiger partial charge is 0.183 e. The van der Waals surface area contributed by atoms with Crippen molar-refractivity contribution in [3.63, 3.8) is 0 Å². The molecule has 41 heavy (non-hydrogen) atoms. The van der Waals surface area contributed by atoms with Gasteiger partial charge in [-0.15, -0.1) is 11.3 Å². The molecule has 1 unspecified atom stereocenters. The highest BCUT2D eigenvalue weighted by Gasteiger charge is 2.33. The molecular formula is C35H50N2O3S. The first-order valence-corrected chi connectivity index (χ1v) is 17.0. The van der Waals surface area contributed by atoms with Crippen LogP contribution in [0.15, 0.2) is 53.1 Å². The summed E-state index contributed by atoms with van der Waals surface area (Å²) in [5.41, 5.74) is 2.02. The van der Waals surface area contributed by atoms with Gasteiger partial charge in [-0.25, -0.2) is 4.98 Å². The van der Waals surface area contributed by atoms with Crippen LogP contribution in [-0.2, 0) is 16.1 Å². The van der Waals surface area contributed by atoms with E-state index < -0.39 is 0 Å². The largest absolute Gasteiger partial charge is 0.463 e. The molecule has 1 aliphatic heterocycles. The van der Waals surface area contributed by atoms with E-state index >= 15 is 0 Å². The van der Waals surface area contributed by atoms with Crippen LogP contribution in [0.4, 0.5) is 5.13 Å². The molecule has 0 amide bonds. The van der Waals surface area contributed by atoms with Gasteiger partial charge in [0.2, 0.25) is 0 Å². The number of anilines is 1. The lowest BCUT2D eigenvalue weighted by Crippen LogP contribution is -2.28. The molecule has 3 aromatic rings. The maximum absolute atomic E-state index is 14.0. The third-order valence-electron chi connectivity index (χ3n) is 8.32. The standard InChI is InChI=1S/C35H50N2O3S/c1-2-3-4-5-6-7-8-9-10-11-12-16-20-30(33(38)29-22-25-39-26-23-29)34-32(31-21-17-24-40-31)37-35(41-34)36-27-28-18-14-13-15-19-28/h13-15,17-19,21,24,29-30H,2-12,16,20,22-23,25-27H2,1H3,(H,36,37). The van der Waals surface area contributed by atoms with Crippen molar-refractivity contribution < 1.29 is 13.9 Å². The quantitative estimate of drug-likeness (QED) is 0.135. The summed E-state index contributed by atoms with van der Waals surface area (Å²) in [5.74, 6) is 1.02. The van der Waals surface area contributed by atoms with Crippen LogP contribution in [0.3, 0.4) is 0 Å². The van der Waals surface area contributed by atoms with E-state index in [1.54, 1.807) is 17.6 Å². The Morgan fingerprint density at radius 2 is 1.56 bits per heavy atom. The lowest BCUT2D eigenvalue weighted by molar-refractivity contribution is -0.127. The second kappa shape index (κ2) is 18.2. The lowest BCUT2D eigenvalue weighted by atomic mass is 9.83. The van der Waals surface area contributed by atoms with E-state index in [4.69, 9.17) is 14.1 Å². The van der Waals surface area contributed by atoms with Gasteiger partial charge in [0.1, 0.15) is 11.5 Å². The number of Topliss-reactive ketones (excluding diaryl/α,β-unsaturated/α-hetero) is 1. The van der Waals surface area contributed by atoms with Crippen LogP contribution in [0.25, 0.3) is 11.5 Å². The number of aromatic nitrogens is 1. The van der Waals surface area contributed by atoms with Crippen molar-refractivity contribution in [1.82, 2.24) is 4.98 Å². The van der Waals surface area contributed by atoms with Crippen molar-refractivity contribution in [2.45, 2.75) is 116 Å². The zero-order chi connectivity index (χ0) is 28.5. The molecule has 1 N–H and O–H groups in total. The highest BCUT2D eigenvalue weighted by Crippen LogP contribution is 2.41. The van der Waals surface area contributed by atoms with Crippen LogP contribution >= 0.6 is 11.3 Å². The van der Waals surface area contributed by atoms with Crippen molar-refractivity contribution in [3.05, 3.63) is 59.2 Å². The fourth-order valence-corrected chi connectivity index (χ4v) is 6.97. The molecule has 4 rings (SSSR count). The molecule has 224 valence electrons. The lowest BCUT2D eigenvalue weighted by Gasteiger charge is -2.25. The van der Waals surface area contributed by atoms with Crippen LogP contribution in [0.2, 0.25) is 0 Å². The first-order valence-electron chi connectivity index (χ1n) is 16.2. The number of thiazole rings is 1. The summed E-state index contributed by atoms with van der Waals surface area (Å²) < 4.78 is 11.4. The van der Waals surface area contributed by atoms with E-state index in [9.17, 15) is 4.79 Å². The number of carbonyl (C=O) groups excluding carboxylic acids is 1. The fourth-order valence-electron chi connectivity index (χ4n) is 5.87. The molecule has 2 aromatic heterocycles. The Labute approximate surface area is 251 Å². The van der Waals surface area contributed by atoms with Gasteiger partial charge in [-0.1, -0.05) is 114 Å². The van der Waals surface area contributed by atoms with Gasteiger partial charge in [0.15, 0.2) is 10.9 Å². The molecule has 1 atom stereocenters. The second-order valence-corrected chi connectivity index (χ2v) is 12.6. The van der Waals surface area contributed by atoms with Crippen LogP contribution in [0.1, 0.15) is 120 Å². The van der Waals surface area contributed by atoms with Crippen molar-refractivity contribution in [2.24, 2.45) is 5.92 Å². The Bertz CT molecular complexity index is 1110. The number of nitrogens with zero attached hydrogens (tertiary/aromatic N) is 1. The van der Waals surface area contributed by atoms with Crippen LogP contribution in [0.5, 0.6) is 0 Å². The van der Waals surface area contributed by atoms with E-state index in [1.165, 1.54) is 76.2 Å². The van der Waals surface area contributed by atoms with Crippen molar-refractivity contribution in [2.75, 3.05) is 18.5 Å². The summed E-state index contributed by atoms with van der Waals surface area (Å²) in [6, 6.07) is 14.2. The highest BCUT2D eigenvalue weighted by molar-refractivity contribution is 7.16. The van der Waals surface area contributed by atoms with Crippen LogP contribution in [0, 0.1) is 5.92 Å². The summed E-state index contributed by atoms with van der Waals surface area (Å²) in [6.07, 6.45) is 20.0. The van der Waals surface area contributed by atoms with Gasteiger partial charge in [-0.2, -0.15) is 0 Å². The van der Waals surface area contributed by atoms with Crippen molar-refractivity contribution in [1.29, 1.82) is 0 Å². The van der Waals surface area contributed by atoms with Crippen LogP contribution in [-0.4, -0.2) is 24.0 Å². The number of furan rings is 1. The molecule has 1 aliphatic rings. The van der Waals surface area contributed by atoms with Gasteiger partial charge < -0.3 is 14.5 Å². The van der Waals surface area contributed by atoms with Gasteiger partial charge in [-0.3, -0.25) is 4.79 Å². The third-order valence-corrected chi connectivity index (χ3v) is 9.45. The average Bonchev–Trinajstić information content (AvgIpc) is 3.70. The topological polar surface area (TPSA) is 64.4 Å². The summed E-state index contributed by atoms with van der Waals surface area (Å²) in [5, 5.41) is 4.35. The van der Waals surface area contributed by atoms with Gasteiger partial charge in [0, 0.05) is 30.6 Å². The van der Waals surface area contributed by atoms with E-state index in [0.717, 1.165) is 47.1 Å². The molecule has 0 bridgehead atoms. The maximum Gasteiger partial charge on any atom is 0.183 e. The Morgan fingerprint density at radius 1 is 0.902 bits per heavy atom. The van der Waals surface area contributed by atoms with E-state index in [1.807, 2.05) is 18.2 Å². The zero-order valence-electron chi connectivity index (χ0n) is 25.1. The Balaban J connectivity index is 1.37. The summed E-state index contributed by atoms with van der Waals surface area (Å²) in [7, 11) is 0. The van der Waals surface area contributed by atoms with Gasteiger partial charge in [-0.05, 0) is 37.0 Å². The predicted molar refractivity (Wildman–Crippen MR) is 171 cm³/mol. The minimum atomic E-state index is -0.147. The zero-order valence-corrected chi connectivity index (χ0v) is 25.9. The number of hydrogen-bond donors (Lipinski definition) is 1. The van der Waals surface area contributed by atoms with Crippen molar-refractivity contribution in [3.8, 4) is 11.5 Å². The number of unbranched alkanes of at least 4 members (excludes halogenated alkanes) is 11. The average molecular weight is 579 g/mol. The SMILES string of the molecule is CCCCCCCCCCCCCCC(C(=O)C1CCOCC1)c1sc(NCc2ccccc2)nc1-c1ccco1. The highest BCUT2D eigenvalue weighted by atomic mass is 32.1. The number of rotatable bonds is 20. The normalized spacial score (nSPS) is 14.8. The Hall–Kier alpha value is -2.44. The minimum Gasteiger partial charge on any atom is -0.463 e. The number of ketones is 1. The fraction of sp³-hybridized carbons (Fsp3) is 0.600. The second-order valence-electron chi connectivity index (χ2n) is 11.6. The monoisotopic (exact) mass is 578 g/mol. The number of carbonyl (C=O) groups is 1. The van der Waals surface area contributed by atoms with Gasteiger partial charge >= 0.3 is 0 Å². The number of ether oxygens (including phenoxy) is 1.